The summed E-state index contributed by atoms with van der Waals surface area (Å²) >= 11 is 0. The lowest BCUT2D eigenvalue weighted by molar-refractivity contribution is -0.145. The minimum absolute atomic E-state index is 0.0131. The average Bonchev–Trinajstić information content (AvgIpc) is 2.87. The van der Waals surface area contributed by atoms with Gasteiger partial charge in [-0.3, -0.25) is 9.59 Å². The highest BCUT2D eigenvalue weighted by Crippen LogP contribution is 2.36. The van der Waals surface area contributed by atoms with Crippen LogP contribution in [0.5, 0.6) is 11.5 Å². The van der Waals surface area contributed by atoms with Gasteiger partial charge < -0.3 is 34.5 Å². The van der Waals surface area contributed by atoms with Gasteiger partial charge in [-0.1, -0.05) is 54.5 Å². The quantitative estimate of drug-likeness (QED) is 0.144. The van der Waals surface area contributed by atoms with Crippen molar-refractivity contribution in [2.45, 2.75) is 99.3 Å². The number of hydrogen-bond donors (Lipinski definition) is 2. The van der Waals surface area contributed by atoms with E-state index in [0.717, 1.165) is 0 Å². The summed E-state index contributed by atoms with van der Waals surface area (Å²) in [5.41, 5.74) is 6.44. The Bertz CT molecular complexity index is 1020. The molecule has 0 spiro atoms. The molecule has 0 heterocycles. The summed E-state index contributed by atoms with van der Waals surface area (Å²) in [5, 5.41) is 9.73. The maximum Gasteiger partial charge on any atom is 0.514 e. The molecule has 232 valence electrons. The van der Waals surface area contributed by atoms with Crippen LogP contribution >= 0.6 is 0 Å². The standard InChI is InChI=1S/C30H47NO10/c1-16(2)10-13-25(32)37-15-19(7)26(27(31)28(33)34)22-11-12-23(40-29(35)38-20(8)17(3)4)24(14-22)41-30(36)39-21(9)18(5)6/h11-12,14,16-21,26-27H,10,13,15,31H2,1-9H3,(H,33,34)/t19?,20?,21?,26?,27-/m0/s1. The minimum Gasteiger partial charge on any atom is -0.480 e. The predicted molar refractivity (Wildman–Crippen MR) is 152 cm³/mol. The molecule has 41 heavy (non-hydrogen) atoms. The lowest BCUT2D eigenvalue weighted by Crippen LogP contribution is -2.40. The Labute approximate surface area is 243 Å². The molecule has 1 aromatic carbocycles. The molecule has 0 aliphatic heterocycles. The summed E-state index contributed by atoms with van der Waals surface area (Å²) in [7, 11) is 0. The van der Waals surface area contributed by atoms with E-state index >= 15 is 0 Å². The molecular formula is C30H47NO10. The third-order valence-electron chi connectivity index (χ3n) is 6.90. The second-order valence-corrected chi connectivity index (χ2v) is 11.5. The van der Waals surface area contributed by atoms with Crippen molar-refractivity contribution in [3.05, 3.63) is 23.8 Å². The normalized spacial score (nSPS) is 15.0. The summed E-state index contributed by atoms with van der Waals surface area (Å²) in [6, 6.07) is 2.84. The maximum atomic E-state index is 12.6. The highest BCUT2D eigenvalue weighted by atomic mass is 16.7. The SMILES string of the molecule is CC(C)CCC(=O)OCC(C)C(c1ccc(OC(=O)OC(C)C(C)C)c(OC(=O)OC(C)C(C)C)c1)[C@H](N)C(=O)O. The van der Waals surface area contributed by atoms with E-state index in [1.54, 1.807) is 20.8 Å². The molecule has 4 unspecified atom stereocenters. The van der Waals surface area contributed by atoms with Crippen LogP contribution in [0, 0.1) is 23.7 Å². The second kappa shape index (κ2) is 16.8. The van der Waals surface area contributed by atoms with Crippen LogP contribution in [0.15, 0.2) is 18.2 Å². The number of aliphatic carboxylic acids is 1. The van der Waals surface area contributed by atoms with Crippen molar-refractivity contribution in [3.63, 3.8) is 0 Å². The third-order valence-corrected chi connectivity index (χ3v) is 6.90. The number of rotatable bonds is 15. The Morgan fingerprint density at radius 3 is 1.78 bits per heavy atom. The zero-order chi connectivity index (χ0) is 31.4. The van der Waals surface area contributed by atoms with Crippen molar-refractivity contribution in [2.75, 3.05) is 6.61 Å². The number of carbonyl (C=O) groups is 4. The van der Waals surface area contributed by atoms with Crippen LogP contribution in [0.4, 0.5) is 9.59 Å². The molecule has 0 saturated carbocycles. The van der Waals surface area contributed by atoms with Crippen LogP contribution in [0.3, 0.4) is 0 Å². The Morgan fingerprint density at radius 2 is 1.32 bits per heavy atom. The molecule has 0 bridgehead atoms. The van der Waals surface area contributed by atoms with Crippen LogP contribution in [-0.2, 0) is 23.8 Å². The van der Waals surface area contributed by atoms with Gasteiger partial charge in [0.15, 0.2) is 11.5 Å². The van der Waals surface area contributed by atoms with E-state index in [1.165, 1.54) is 18.2 Å². The van der Waals surface area contributed by atoms with Gasteiger partial charge in [0.1, 0.15) is 18.2 Å². The number of hydrogen-bond acceptors (Lipinski definition) is 10. The Hall–Kier alpha value is -3.34. The first-order chi connectivity index (χ1) is 19.0. The summed E-state index contributed by atoms with van der Waals surface area (Å²) in [6.07, 6.45) is -2.05. The van der Waals surface area contributed by atoms with Gasteiger partial charge in [-0.15, -0.1) is 0 Å². The van der Waals surface area contributed by atoms with Crippen molar-refractivity contribution in [3.8, 4) is 11.5 Å². The number of carbonyl (C=O) groups excluding carboxylic acids is 3. The highest BCUT2D eigenvalue weighted by molar-refractivity contribution is 5.75. The Morgan fingerprint density at radius 1 is 0.805 bits per heavy atom. The van der Waals surface area contributed by atoms with Gasteiger partial charge in [0, 0.05) is 12.3 Å². The summed E-state index contributed by atoms with van der Waals surface area (Å²) in [4.78, 5) is 49.1. The van der Waals surface area contributed by atoms with Crippen LogP contribution in [0.25, 0.3) is 0 Å². The minimum atomic E-state index is -1.39. The number of carboxylic acids is 1. The van der Waals surface area contributed by atoms with E-state index in [1.807, 2.05) is 41.5 Å². The molecule has 3 N–H and O–H groups in total. The van der Waals surface area contributed by atoms with Gasteiger partial charge in [-0.05, 0) is 61.6 Å². The highest BCUT2D eigenvalue weighted by Gasteiger charge is 2.33. The van der Waals surface area contributed by atoms with E-state index in [-0.39, 0.29) is 36.4 Å². The molecule has 0 aliphatic carbocycles. The average molecular weight is 582 g/mol. The van der Waals surface area contributed by atoms with E-state index < -0.39 is 54.3 Å². The maximum absolute atomic E-state index is 12.6. The third kappa shape index (κ3) is 12.4. The van der Waals surface area contributed by atoms with Gasteiger partial charge in [-0.25, -0.2) is 9.59 Å². The van der Waals surface area contributed by atoms with Crippen LogP contribution < -0.4 is 15.2 Å². The van der Waals surface area contributed by atoms with E-state index in [0.29, 0.717) is 17.9 Å². The summed E-state index contributed by atoms with van der Waals surface area (Å²) in [5.74, 6) is -3.02. The zero-order valence-corrected chi connectivity index (χ0v) is 25.7. The molecular weight excluding hydrogens is 534 g/mol. The van der Waals surface area contributed by atoms with Gasteiger partial charge in [0.05, 0.1) is 6.61 Å². The molecule has 5 atom stereocenters. The summed E-state index contributed by atoms with van der Waals surface area (Å²) in [6.45, 7) is 16.5. The molecule has 0 saturated heterocycles. The van der Waals surface area contributed by atoms with Crippen LogP contribution in [0.2, 0.25) is 0 Å². The number of esters is 1. The van der Waals surface area contributed by atoms with Crippen molar-refractivity contribution in [1.29, 1.82) is 0 Å². The molecule has 1 rings (SSSR count). The number of benzene rings is 1. The monoisotopic (exact) mass is 581 g/mol. The van der Waals surface area contributed by atoms with E-state index in [4.69, 9.17) is 29.4 Å². The molecule has 11 heteroatoms. The van der Waals surface area contributed by atoms with Crippen LogP contribution in [-0.4, -0.2) is 54.2 Å². The first-order valence-corrected chi connectivity index (χ1v) is 14.1. The molecule has 0 amide bonds. The largest absolute Gasteiger partial charge is 0.514 e. The fourth-order valence-corrected chi connectivity index (χ4v) is 3.55. The molecule has 0 radical (unpaired) electrons. The lowest BCUT2D eigenvalue weighted by atomic mass is 9.82. The van der Waals surface area contributed by atoms with Crippen molar-refractivity contribution in [1.82, 2.24) is 0 Å². The first kappa shape index (κ1) is 35.7. The van der Waals surface area contributed by atoms with Crippen molar-refractivity contribution < 1.29 is 48.0 Å². The molecule has 0 aliphatic rings. The molecule has 1 aromatic rings. The predicted octanol–water partition coefficient (Wildman–Crippen LogP) is 5.92. The zero-order valence-electron chi connectivity index (χ0n) is 25.7. The second-order valence-electron chi connectivity index (χ2n) is 11.5. The van der Waals surface area contributed by atoms with Gasteiger partial charge in [0.25, 0.3) is 0 Å². The fraction of sp³-hybridized carbons (Fsp3) is 0.667. The molecule has 0 aromatic heterocycles. The number of carboxylic acid groups (broad SMARTS) is 1. The van der Waals surface area contributed by atoms with E-state index in [9.17, 15) is 24.3 Å². The number of ether oxygens (including phenoxy) is 5. The van der Waals surface area contributed by atoms with Crippen molar-refractivity contribution >= 4 is 24.2 Å². The Balaban J connectivity index is 3.36. The van der Waals surface area contributed by atoms with Gasteiger partial charge >= 0.3 is 24.2 Å². The lowest BCUT2D eigenvalue weighted by Gasteiger charge is -2.28. The summed E-state index contributed by atoms with van der Waals surface area (Å²) < 4.78 is 26.7. The smallest absolute Gasteiger partial charge is 0.480 e. The fourth-order valence-electron chi connectivity index (χ4n) is 3.55. The first-order valence-electron chi connectivity index (χ1n) is 14.1. The Kier molecular flexibility index (Phi) is 14.6. The van der Waals surface area contributed by atoms with Gasteiger partial charge in [-0.2, -0.15) is 0 Å². The number of nitrogens with two attached hydrogens (primary N) is 1. The van der Waals surface area contributed by atoms with Crippen LogP contribution in [0.1, 0.15) is 86.6 Å². The molecule has 0 fully saturated rings. The molecule has 11 nitrogen and oxygen atoms in total. The van der Waals surface area contributed by atoms with E-state index in [2.05, 4.69) is 0 Å². The van der Waals surface area contributed by atoms with Crippen molar-refractivity contribution in [2.24, 2.45) is 29.4 Å². The van der Waals surface area contributed by atoms with Gasteiger partial charge in [0.2, 0.25) is 0 Å². The topological polar surface area (TPSA) is 161 Å².